The Morgan fingerprint density at radius 2 is 1.82 bits per heavy atom. The minimum atomic E-state index is -1.60. The van der Waals surface area contributed by atoms with Crippen LogP contribution in [0.5, 0.6) is 5.75 Å². The Labute approximate surface area is 188 Å². The number of rotatable bonds is 5. The number of benzene rings is 2. The minimum Gasteiger partial charge on any atom is -0.449 e. The fourth-order valence-corrected chi connectivity index (χ4v) is 3.97. The highest BCUT2D eigenvalue weighted by Gasteiger charge is 2.17. The summed E-state index contributed by atoms with van der Waals surface area (Å²) in [5.74, 6) is 0.0372. The van der Waals surface area contributed by atoms with Crippen LogP contribution in [-0.4, -0.2) is 33.9 Å². The van der Waals surface area contributed by atoms with Crippen molar-refractivity contribution in [1.29, 1.82) is 0 Å². The topological polar surface area (TPSA) is 84.7 Å². The fraction of sp³-hybridized carbons (Fsp3) is 0.160. The molecule has 0 unspecified atom stereocenters. The van der Waals surface area contributed by atoms with E-state index in [1.54, 1.807) is 0 Å². The van der Waals surface area contributed by atoms with E-state index in [2.05, 4.69) is 14.6 Å². The monoisotopic (exact) mass is 445 g/mol. The van der Waals surface area contributed by atoms with Gasteiger partial charge in [0.25, 0.3) is 0 Å². The molecule has 7 nitrogen and oxygen atoms in total. The molecule has 0 amide bonds. The molecule has 0 spiro atoms. The Hall–Kier alpha value is -4.20. The predicted molar refractivity (Wildman–Crippen MR) is 122 cm³/mol. The first kappa shape index (κ1) is 20.7. The van der Waals surface area contributed by atoms with Crippen molar-refractivity contribution < 1.29 is 19.0 Å². The Bertz CT molecular complexity index is 1390. The molecule has 2 aromatic carbocycles. The summed E-state index contributed by atoms with van der Waals surface area (Å²) in [6.07, 6.45) is 2.67. The predicted octanol–water partition coefficient (Wildman–Crippen LogP) is 4.52. The van der Waals surface area contributed by atoms with Crippen LogP contribution in [-0.2, 0) is 6.54 Å². The Morgan fingerprint density at radius 1 is 1.06 bits per heavy atom. The first-order valence-electron chi connectivity index (χ1n) is 10.5. The van der Waals surface area contributed by atoms with Gasteiger partial charge in [0.05, 0.1) is 17.1 Å². The molecular formula is C25H20FN3O4. The SMILES string of the molecule is O=C(O)Oc1cn(Cc2ccc(-c3ccc(N4CCC4)nc3)cc2)c2c(F)cccc2c1=O. The molecule has 0 radical (unpaired) electrons. The third-order valence-electron chi connectivity index (χ3n) is 5.78. The first-order chi connectivity index (χ1) is 16.0. The van der Waals surface area contributed by atoms with E-state index in [0.717, 1.165) is 35.6 Å². The van der Waals surface area contributed by atoms with Crippen molar-refractivity contribution in [3.8, 4) is 16.9 Å². The van der Waals surface area contributed by atoms with Crippen LogP contribution in [0.3, 0.4) is 0 Å². The van der Waals surface area contributed by atoms with Gasteiger partial charge in [-0.1, -0.05) is 30.3 Å². The lowest BCUT2D eigenvalue weighted by atomic mass is 10.1. The van der Waals surface area contributed by atoms with Gasteiger partial charge < -0.3 is 19.3 Å². The van der Waals surface area contributed by atoms with Gasteiger partial charge in [-0.05, 0) is 41.8 Å². The normalized spacial score (nSPS) is 13.1. The first-order valence-corrected chi connectivity index (χ1v) is 10.5. The lowest BCUT2D eigenvalue weighted by Crippen LogP contribution is -2.37. The molecule has 0 atom stereocenters. The molecule has 5 rings (SSSR count). The van der Waals surface area contributed by atoms with Gasteiger partial charge in [0.15, 0.2) is 5.75 Å². The smallest absolute Gasteiger partial charge is 0.449 e. The Kier molecular flexibility index (Phi) is 5.26. The summed E-state index contributed by atoms with van der Waals surface area (Å²) >= 11 is 0. The zero-order valence-corrected chi connectivity index (χ0v) is 17.6. The number of hydrogen-bond donors (Lipinski definition) is 1. The van der Waals surface area contributed by atoms with E-state index < -0.39 is 17.4 Å². The van der Waals surface area contributed by atoms with Gasteiger partial charge in [0.1, 0.15) is 11.6 Å². The van der Waals surface area contributed by atoms with E-state index in [1.165, 1.54) is 35.4 Å². The molecule has 2 aromatic heterocycles. The molecule has 8 heteroatoms. The maximum absolute atomic E-state index is 14.6. The van der Waals surface area contributed by atoms with Crippen molar-refractivity contribution in [2.24, 2.45) is 0 Å². The summed E-state index contributed by atoms with van der Waals surface area (Å²) in [7, 11) is 0. The van der Waals surface area contributed by atoms with E-state index in [-0.39, 0.29) is 23.2 Å². The maximum Gasteiger partial charge on any atom is 0.511 e. The number of para-hydroxylation sites is 1. The van der Waals surface area contributed by atoms with E-state index in [1.807, 2.05) is 42.6 Å². The van der Waals surface area contributed by atoms with Crippen LogP contribution in [0.1, 0.15) is 12.0 Å². The van der Waals surface area contributed by atoms with Crippen molar-refractivity contribution in [1.82, 2.24) is 9.55 Å². The fourth-order valence-electron chi connectivity index (χ4n) is 3.97. The van der Waals surface area contributed by atoms with Crippen molar-refractivity contribution in [3.05, 3.63) is 88.6 Å². The number of ether oxygens (including phenoxy) is 1. The lowest BCUT2D eigenvalue weighted by Gasteiger charge is -2.31. The molecule has 1 aliphatic rings. The zero-order valence-electron chi connectivity index (χ0n) is 17.6. The molecule has 1 fully saturated rings. The summed E-state index contributed by atoms with van der Waals surface area (Å²) < 4.78 is 20.7. The van der Waals surface area contributed by atoms with Crippen LogP contribution in [0.25, 0.3) is 22.0 Å². The van der Waals surface area contributed by atoms with Crippen molar-refractivity contribution in [2.45, 2.75) is 13.0 Å². The molecule has 1 N–H and O–H groups in total. The molecule has 166 valence electrons. The van der Waals surface area contributed by atoms with Gasteiger partial charge in [-0.25, -0.2) is 14.2 Å². The zero-order chi connectivity index (χ0) is 22.9. The number of hydrogen-bond acceptors (Lipinski definition) is 5. The van der Waals surface area contributed by atoms with Crippen LogP contribution in [0.2, 0.25) is 0 Å². The highest BCUT2D eigenvalue weighted by molar-refractivity contribution is 5.81. The van der Waals surface area contributed by atoms with Crippen molar-refractivity contribution in [2.75, 3.05) is 18.0 Å². The van der Waals surface area contributed by atoms with Crippen molar-refractivity contribution in [3.63, 3.8) is 0 Å². The third kappa shape index (κ3) is 4.03. The number of aromatic nitrogens is 2. The van der Waals surface area contributed by atoms with E-state index in [0.29, 0.717) is 0 Å². The summed E-state index contributed by atoms with van der Waals surface area (Å²) in [4.78, 5) is 30.3. The van der Waals surface area contributed by atoms with Crippen LogP contribution in [0.4, 0.5) is 15.0 Å². The lowest BCUT2D eigenvalue weighted by molar-refractivity contribution is 0.144. The number of carboxylic acid groups (broad SMARTS) is 1. The summed E-state index contributed by atoms with van der Waals surface area (Å²) in [5.41, 5.74) is 2.25. The number of fused-ring (bicyclic) bond motifs is 1. The van der Waals surface area contributed by atoms with E-state index in [9.17, 15) is 14.0 Å². The van der Waals surface area contributed by atoms with Gasteiger partial charge in [0.2, 0.25) is 5.43 Å². The second kappa shape index (κ2) is 8.38. The van der Waals surface area contributed by atoms with Crippen LogP contribution in [0.15, 0.2) is 71.8 Å². The maximum atomic E-state index is 14.6. The van der Waals surface area contributed by atoms with Crippen LogP contribution in [0, 0.1) is 5.82 Å². The Balaban J connectivity index is 1.45. The number of anilines is 1. The van der Waals surface area contributed by atoms with E-state index in [4.69, 9.17) is 5.11 Å². The second-order valence-electron chi connectivity index (χ2n) is 7.90. The standard InChI is InChI=1S/C25H20FN3O4/c26-20-4-1-3-19-23(20)29(15-21(24(19)30)33-25(31)32)14-16-5-7-17(8-6-16)18-9-10-22(27-13-18)28-11-2-12-28/h1,3-10,13,15H,2,11-12,14H2,(H,31,32). The number of nitrogens with zero attached hydrogens (tertiary/aromatic N) is 3. The number of pyridine rings is 2. The summed E-state index contributed by atoms with van der Waals surface area (Å²) in [6, 6.07) is 15.9. The van der Waals surface area contributed by atoms with Crippen molar-refractivity contribution >= 4 is 22.9 Å². The molecule has 0 bridgehead atoms. The number of halogens is 1. The molecule has 4 aromatic rings. The highest BCUT2D eigenvalue weighted by atomic mass is 19.1. The third-order valence-corrected chi connectivity index (χ3v) is 5.78. The Morgan fingerprint density at radius 3 is 2.45 bits per heavy atom. The quantitative estimate of drug-likeness (QED) is 0.455. The average molecular weight is 445 g/mol. The molecule has 0 saturated carbocycles. The molecule has 33 heavy (non-hydrogen) atoms. The highest BCUT2D eigenvalue weighted by Crippen LogP contribution is 2.25. The summed E-state index contributed by atoms with van der Waals surface area (Å²) in [6.45, 7) is 2.31. The van der Waals surface area contributed by atoms with Gasteiger partial charge in [-0.15, -0.1) is 0 Å². The summed E-state index contributed by atoms with van der Waals surface area (Å²) in [5, 5.41) is 9.00. The second-order valence-corrected chi connectivity index (χ2v) is 7.90. The van der Waals surface area contributed by atoms with E-state index >= 15 is 0 Å². The molecular weight excluding hydrogens is 425 g/mol. The molecule has 3 heterocycles. The van der Waals surface area contributed by atoms with Gasteiger partial charge in [-0.3, -0.25) is 4.79 Å². The van der Waals surface area contributed by atoms with Gasteiger partial charge >= 0.3 is 6.16 Å². The minimum absolute atomic E-state index is 0.0544. The van der Waals surface area contributed by atoms with Gasteiger partial charge in [0, 0.05) is 31.4 Å². The largest absolute Gasteiger partial charge is 0.511 e. The molecule has 1 saturated heterocycles. The van der Waals surface area contributed by atoms with Crippen LogP contribution >= 0.6 is 0 Å². The van der Waals surface area contributed by atoms with Gasteiger partial charge in [-0.2, -0.15) is 0 Å². The molecule has 0 aliphatic carbocycles. The average Bonchev–Trinajstić information content (AvgIpc) is 2.76. The number of carbonyl (C=O) groups is 1. The molecule has 1 aliphatic heterocycles. The van der Waals surface area contributed by atoms with Crippen LogP contribution < -0.4 is 15.1 Å².